The zero-order valence-corrected chi connectivity index (χ0v) is 28.8. The largest absolute Gasteiger partial charge is 0.350 e. The van der Waals surface area contributed by atoms with Crippen LogP contribution >= 0.6 is 11.6 Å². The highest BCUT2D eigenvalue weighted by Gasteiger charge is 2.36. The van der Waals surface area contributed by atoms with Crippen molar-refractivity contribution in [2.45, 2.75) is 71.0 Å². The molecule has 9 heteroatoms. The summed E-state index contributed by atoms with van der Waals surface area (Å²) in [5, 5.41) is 3.53. The molecule has 2 amide bonds. The van der Waals surface area contributed by atoms with Gasteiger partial charge in [0.05, 0.1) is 10.6 Å². The lowest BCUT2D eigenvalue weighted by Crippen LogP contribution is -2.56. The summed E-state index contributed by atoms with van der Waals surface area (Å²) < 4.78 is 29.7. The number of hydrogen-bond acceptors (Lipinski definition) is 4. The lowest BCUT2D eigenvalue weighted by atomic mass is 10.0. The molecule has 242 valence electrons. The van der Waals surface area contributed by atoms with Gasteiger partial charge in [0, 0.05) is 23.5 Å². The number of hydrogen-bond donors (Lipinski definition) is 1. The van der Waals surface area contributed by atoms with Crippen molar-refractivity contribution in [3.63, 3.8) is 0 Å². The molecule has 4 aromatic carbocycles. The molecule has 0 unspecified atom stereocenters. The second-order valence-electron chi connectivity index (χ2n) is 12.7. The quantitative estimate of drug-likeness (QED) is 0.188. The number of rotatable bonds is 11. The van der Waals surface area contributed by atoms with Crippen LogP contribution in [0.4, 0.5) is 5.69 Å². The van der Waals surface area contributed by atoms with Gasteiger partial charge in [0.25, 0.3) is 10.0 Å². The number of carbonyl (C=O) groups is 2. The number of amides is 2. The minimum absolute atomic E-state index is 0.0414. The lowest BCUT2D eigenvalue weighted by molar-refractivity contribution is -0.140. The van der Waals surface area contributed by atoms with Gasteiger partial charge in [-0.05, 0) is 88.6 Å². The summed E-state index contributed by atoms with van der Waals surface area (Å²) >= 11 is 6.33. The summed E-state index contributed by atoms with van der Waals surface area (Å²) in [6, 6.07) is 27.6. The Hall–Kier alpha value is -4.14. The molecule has 4 rings (SSSR count). The second kappa shape index (κ2) is 14.5. The molecule has 0 saturated carbocycles. The van der Waals surface area contributed by atoms with E-state index >= 15 is 0 Å². The Morgan fingerprint density at radius 1 is 0.804 bits per heavy atom. The van der Waals surface area contributed by atoms with Gasteiger partial charge in [-0.2, -0.15) is 0 Å². The smallest absolute Gasteiger partial charge is 0.264 e. The van der Waals surface area contributed by atoms with Crippen molar-refractivity contribution in [3.8, 4) is 0 Å². The van der Waals surface area contributed by atoms with Crippen LogP contribution < -0.4 is 9.62 Å². The number of nitrogens with zero attached hydrogens (tertiary/aromatic N) is 2. The summed E-state index contributed by atoms with van der Waals surface area (Å²) in [7, 11) is -4.18. The fraction of sp³-hybridized carbons (Fsp3) is 0.297. The highest BCUT2D eigenvalue weighted by atomic mass is 35.5. The summed E-state index contributed by atoms with van der Waals surface area (Å²) in [4.78, 5) is 30.2. The highest BCUT2D eigenvalue weighted by molar-refractivity contribution is 7.92. The molecular weight excluding hydrogens is 618 g/mol. The van der Waals surface area contributed by atoms with E-state index in [9.17, 15) is 18.0 Å². The molecule has 0 aliphatic heterocycles. The summed E-state index contributed by atoms with van der Waals surface area (Å²) in [6.45, 7) is 10.8. The lowest BCUT2D eigenvalue weighted by Gasteiger charge is -2.35. The van der Waals surface area contributed by atoms with Gasteiger partial charge in [-0.3, -0.25) is 13.9 Å². The number of benzene rings is 4. The molecule has 0 spiro atoms. The van der Waals surface area contributed by atoms with Crippen molar-refractivity contribution in [1.29, 1.82) is 0 Å². The van der Waals surface area contributed by atoms with Crippen molar-refractivity contribution < 1.29 is 18.0 Å². The maximum Gasteiger partial charge on any atom is 0.264 e. The van der Waals surface area contributed by atoms with Crippen LogP contribution in [0.1, 0.15) is 48.6 Å². The number of nitrogens with one attached hydrogen (secondary N) is 1. The molecule has 0 radical (unpaired) electrons. The predicted molar refractivity (Wildman–Crippen MR) is 185 cm³/mol. The summed E-state index contributed by atoms with van der Waals surface area (Å²) in [5.74, 6) is -0.869. The van der Waals surface area contributed by atoms with Crippen molar-refractivity contribution in [2.24, 2.45) is 0 Å². The molecule has 46 heavy (non-hydrogen) atoms. The molecule has 0 saturated heterocycles. The maximum atomic E-state index is 14.6. The fourth-order valence-corrected chi connectivity index (χ4v) is 6.97. The van der Waals surface area contributed by atoms with Crippen molar-refractivity contribution in [1.82, 2.24) is 10.2 Å². The molecule has 0 aliphatic carbocycles. The van der Waals surface area contributed by atoms with E-state index in [-0.39, 0.29) is 23.8 Å². The van der Waals surface area contributed by atoms with Gasteiger partial charge >= 0.3 is 0 Å². The predicted octanol–water partition coefficient (Wildman–Crippen LogP) is 7.02. The van der Waals surface area contributed by atoms with Gasteiger partial charge in [0.1, 0.15) is 12.6 Å². The molecule has 1 N–H and O–H groups in total. The van der Waals surface area contributed by atoms with Crippen molar-refractivity contribution in [2.75, 3.05) is 10.8 Å². The molecule has 1 atom stereocenters. The Balaban J connectivity index is 1.84. The summed E-state index contributed by atoms with van der Waals surface area (Å²) in [6.07, 6.45) is 0.226. The minimum Gasteiger partial charge on any atom is -0.350 e. The number of halogens is 1. The summed E-state index contributed by atoms with van der Waals surface area (Å²) in [5.41, 5.74) is 3.97. The van der Waals surface area contributed by atoms with Gasteiger partial charge in [-0.1, -0.05) is 89.5 Å². The molecule has 0 bridgehead atoms. The van der Waals surface area contributed by atoms with E-state index in [0.717, 1.165) is 21.0 Å². The molecule has 7 nitrogen and oxygen atoms in total. The van der Waals surface area contributed by atoms with Crippen LogP contribution in [0.15, 0.2) is 102 Å². The van der Waals surface area contributed by atoms with Gasteiger partial charge < -0.3 is 10.2 Å². The van der Waals surface area contributed by atoms with Crippen LogP contribution in [0.5, 0.6) is 0 Å². The van der Waals surface area contributed by atoms with E-state index in [1.165, 1.54) is 4.90 Å². The molecule has 0 heterocycles. The van der Waals surface area contributed by atoms with E-state index < -0.39 is 34.1 Å². The van der Waals surface area contributed by atoms with Crippen LogP contribution in [0.3, 0.4) is 0 Å². The monoisotopic (exact) mass is 659 g/mol. The first-order valence-electron chi connectivity index (χ1n) is 15.2. The van der Waals surface area contributed by atoms with E-state index in [0.29, 0.717) is 21.8 Å². The molecule has 0 fully saturated rings. The minimum atomic E-state index is -4.18. The molecule has 0 aromatic heterocycles. The van der Waals surface area contributed by atoms with Crippen molar-refractivity contribution >= 4 is 39.1 Å². The Morgan fingerprint density at radius 3 is 2.04 bits per heavy atom. The number of carbonyl (C=O) groups excluding carboxylic acids is 2. The first kappa shape index (κ1) is 34.7. The second-order valence-corrected chi connectivity index (χ2v) is 15.0. The van der Waals surface area contributed by atoms with Crippen LogP contribution in [0.2, 0.25) is 5.02 Å². The molecule has 4 aromatic rings. The first-order valence-corrected chi connectivity index (χ1v) is 17.0. The van der Waals surface area contributed by atoms with Crippen LogP contribution in [0, 0.1) is 20.8 Å². The van der Waals surface area contributed by atoms with Gasteiger partial charge in [-0.15, -0.1) is 0 Å². The fourth-order valence-electron chi connectivity index (χ4n) is 5.27. The van der Waals surface area contributed by atoms with Crippen molar-refractivity contribution in [3.05, 3.63) is 130 Å². The number of anilines is 1. The third-order valence-electron chi connectivity index (χ3n) is 7.52. The average Bonchev–Trinajstić information content (AvgIpc) is 2.98. The SMILES string of the molecule is Cc1ccc(S(=O)(=O)N(CC(=O)N(Cc2cccc(Cl)c2)[C@H](Cc2ccccc2)C(=O)NC(C)(C)C)c2ccc(C)cc2C)cc1. The zero-order valence-electron chi connectivity index (χ0n) is 27.2. The Labute approximate surface area is 278 Å². The Morgan fingerprint density at radius 2 is 1.43 bits per heavy atom. The van der Waals surface area contributed by atoms with Crippen LogP contribution in [-0.4, -0.2) is 43.3 Å². The van der Waals surface area contributed by atoms with Crippen LogP contribution in [-0.2, 0) is 32.6 Å². The van der Waals surface area contributed by atoms with Gasteiger partial charge in [0.2, 0.25) is 11.8 Å². The first-order chi connectivity index (χ1) is 21.6. The topological polar surface area (TPSA) is 86.8 Å². The third-order valence-corrected chi connectivity index (χ3v) is 9.53. The van der Waals surface area contributed by atoms with E-state index in [2.05, 4.69) is 5.32 Å². The Kier molecular flexibility index (Phi) is 11.0. The standard InChI is InChI=1S/C37H42ClN3O4S/c1-26-15-18-32(19-16-26)46(44,45)41(33-20-17-27(2)21-28(33)3)25-35(42)40(24-30-13-10-14-31(38)22-30)34(36(43)39-37(4,5)6)23-29-11-8-7-9-12-29/h7-22,34H,23-25H2,1-6H3,(H,39,43)/t34-/m1/s1. The molecule has 0 aliphatic rings. The number of aryl methyl sites for hydroxylation is 3. The average molecular weight is 660 g/mol. The van der Waals surface area contributed by atoms with Crippen LogP contribution in [0.25, 0.3) is 0 Å². The molecular formula is C37H42ClN3O4S. The van der Waals surface area contributed by atoms with E-state index in [4.69, 9.17) is 11.6 Å². The van der Waals surface area contributed by atoms with Gasteiger partial charge in [0.15, 0.2) is 0 Å². The highest BCUT2D eigenvalue weighted by Crippen LogP contribution is 2.29. The zero-order chi connectivity index (χ0) is 33.6. The van der Waals surface area contributed by atoms with E-state index in [1.807, 2.05) is 90.1 Å². The Bertz CT molecular complexity index is 1790. The third kappa shape index (κ3) is 8.98. The number of sulfonamides is 1. The van der Waals surface area contributed by atoms with Gasteiger partial charge in [-0.25, -0.2) is 8.42 Å². The normalized spacial score (nSPS) is 12.3. The maximum absolute atomic E-state index is 14.6. The van der Waals surface area contributed by atoms with E-state index in [1.54, 1.807) is 48.5 Å².